The molecule has 5 N–H and O–H groups in total. The van der Waals surface area contributed by atoms with Crippen LogP contribution in [0, 0.1) is 11.8 Å². The highest BCUT2D eigenvalue weighted by Crippen LogP contribution is 2.34. The molecule has 1 heterocycles. The second-order valence-electron chi connectivity index (χ2n) is 10.2. The van der Waals surface area contributed by atoms with Crippen molar-refractivity contribution in [3.05, 3.63) is 17.7 Å². The van der Waals surface area contributed by atoms with Crippen LogP contribution >= 0.6 is 0 Å². The van der Waals surface area contributed by atoms with Crippen LogP contribution in [0.4, 0.5) is 17.1 Å². The van der Waals surface area contributed by atoms with Crippen LogP contribution in [0.15, 0.2) is 12.1 Å². The van der Waals surface area contributed by atoms with E-state index in [4.69, 9.17) is 5.73 Å². The molecular weight excluding hydrogens is 376 g/mol. The number of carbonyl (C=O) groups excluding carboxylic acids is 1. The number of piperidine rings is 1. The number of nitrogen functional groups attached to an aromatic ring is 1. The number of benzene rings is 1. The number of carbonyl (C=O) groups is 1. The van der Waals surface area contributed by atoms with Crippen LogP contribution in [-0.2, 0) is 0 Å². The average molecular weight is 417 g/mol. The molecule has 1 saturated heterocycles. The largest absolute Gasteiger partial charge is 0.397 e. The van der Waals surface area contributed by atoms with Crippen LogP contribution in [0.1, 0.15) is 76.6 Å². The molecule has 1 aliphatic carbocycles. The Balaban J connectivity index is 1.84. The van der Waals surface area contributed by atoms with E-state index in [1.165, 1.54) is 12.8 Å². The van der Waals surface area contributed by atoms with E-state index in [9.17, 15) is 9.90 Å². The maximum absolute atomic E-state index is 13.2. The molecule has 0 spiro atoms. The minimum absolute atomic E-state index is 0.0242. The molecule has 6 heteroatoms. The molecule has 2 aliphatic rings. The van der Waals surface area contributed by atoms with E-state index in [0.717, 1.165) is 56.1 Å². The Kier molecular flexibility index (Phi) is 7.17. The molecule has 1 saturated carbocycles. The molecular formula is C24H40N4O2. The van der Waals surface area contributed by atoms with Gasteiger partial charge in [-0.25, -0.2) is 0 Å². The Morgan fingerprint density at radius 3 is 2.30 bits per heavy atom. The smallest absolute Gasteiger partial charge is 0.253 e. The van der Waals surface area contributed by atoms with Crippen molar-refractivity contribution >= 4 is 23.0 Å². The highest BCUT2D eigenvalue weighted by molar-refractivity contribution is 6.02. The van der Waals surface area contributed by atoms with Gasteiger partial charge in [0, 0.05) is 25.7 Å². The van der Waals surface area contributed by atoms with Crippen molar-refractivity contribution in [3.63, 3.8) is 0 Å². The molecule has 0 radical (unpaired) electrons. The number of rotatable bonds is 6. The highest BCUT2D eigenvalue weighted by Gasteiger charge is 2.26. The van der Waals surface area contributed by atoms with Gasteiger partial charge in [-0.3, -0.25) is 4.79 Å². The Bertz CT molecular complexity index is 727. The van der Waals surface area contributed by atoms with Crippen molar-refractivity contribution in [1.82, 2.24) is 5.32 Å². The molecule has 0 unspecified atom stereocenters. The number of hydrogen-bond acceptors (Lipinski definition) is 5. The Hall–Kier alpha value is -1.95. The van der Waals surface area contributed by atoms with Gasteiger partial charge in [-0.2, -0.15) is 0 Å². The van der Waals surface area contributed by atoms with Crippen LogP contribution in [0.2, 0.25) is 0 Å². The monoisotopic (exact) mass is 416 g/mol. The van der Waals surface area contributed by atoms with Crippen molar-refractivity contribution in [2.24, 2.45) is 11.8 Å². The molecule has 6 nitrogen and oxygen atoms in total. The zero-order valence-electron chi connectivity index (χ0n) is 19.1. The standard InChI is InChI=1S/C24H40N4O2/c1-16-5-7-18(8-6-16)27-23(29)19-13-20(25)21(26-15-24(3,4)30)14-22(19)28-11-9-17(2)10-12-28/h13-14,16-18,26,30H,5-12,15,25H2,1-4H3,(H,27,29). The first kappa shape index (κ1) is 22.7. The molecule has 1 amide bonds. The molecule has 3 rings (SSSR count). The van der Waals surface area contributed by atoms with Crippen LogP contribution < -0.4 is 21.3 Å². The summed E-state index contributed by atoms with van der Waals surface area (Å²) < 4.78 is 0. The van der Waals surface area contributed by atoms with Gasteiger partial charge in [0.15, 0.2) is 0 Å². The summed E-state index contributed by atoms with van der Waals surface area (Å²) in [4.78, 5) is 15.6. The Morgan fingerprint density at radius 1 is 1.10 bits per heavy atom. The zero-order chi connectivity index (χ0) is 21.9. The lowest BCUT2D eigenvalue weighted by Crippen LogP contribution is -2.39. The number of nitrogens with one attached hydrogen (secondary N) is 2. The van der Waals surface area contributed by atoms with Gasteiger partial charge in [0.1, 0.15) is 0 Å². The molecule has 1 aromatic carbocycles. The van der Waals surface area contributed by atoms with E-state index < -0.39 is 5.60 Å². The fraction of sp³-hybridized carbons (Fsp3) is 0.708. The molecule has 0 aromatic heterocycles. The minimum Gasteiger partial charge on any atom is -0.397 e. The molecule has 30 heavy (non-hydrogen) atoms. The van der Waals surface area contributed by atoms with Crippen LogP contribution in [0.5, 0.6) is 0 Å². The molecule has 168 valence electrons. The number of anilines is 3. The predicted molar refractivity (Wildman–Crippen MR) is 125 cm³/mol. The van der Waals surface area contributed by atoms with E-state index in [1.54, 1.807) is 19.9 Å². The first-order valence-corrected chi connectivity index (χ1v) is 11.6. The molecule has 2 fully saturated rings. The van der Waals surface area contributed by atoms with Gasteiger partial charge in [-0.1, -0.05) is 13.8 Å². The quantitative estimate of drug-likeness (QED) is 0.526. The van der Waals surface area contributed by atoms with Gasteiger partial charge < -0.3 is 26.4 Å². The third-order valence-electron chi connectivity index (χ3n) is 6.60. The summed E-state index contributed by atoms with van der Waals surface area (Å²) >= 11 is 0. The van der Waals surface area contributed by atoms with Gasteiger partial charge in [-0.05, 0) is 76.3 Å². The van der Waals surface area contributed by atoms with E-state index in [0.29, 0.717) is 23.7 Å². The molecule has 1 aliphatic heterocycles. The summed E-state index contributed by atoms with van der Waals surface area (Å²) in [5.74, 6) is 1.44. The lowest BCUT2D eigenvalue weighted by atomic mass is 9.87. The summed E-state index contributed by atoms with van der Waals surface area (Å²) in [6, 6.07) is 4.05. The number of nitrogens with two attached hydrogens (primary N) is 1. The number of hydrogen-bond donors (Lipinski definition) is 4. The minimum atomic E-state index is -0.846. The maximum atomic E-state index is 13.2. The third kappa shape index (κ3) is 6.03. The maximum Gasteiger partial charge on any atom is 0.253 e. The SMILES string of the molecule is CC1CCC(NC(=O)c2cc(N)c(NCC(C)(C)O)cc2N2CCC(C)CC2)CC1. The van der Waals surface area contributed by atoms with Crippen LogP contribution in [0.3, 0.4) is 0 Å². The third-order valence-corrected chi connectivity index (χ3v) is 6.60. The fourth-order valence-corrected chi connectivity index (χ4v) is 4.43. The number of nitrogens with zero attached hydrogens (tertiary/aromatic N) is 1. The van der Waals surface area contributed by atoms with Gasteiger partial charge in [-0.15, -0.1) is 0 Å². The zero-order valence-corrected chi connectivity index (χ0v) is 19.1. The Labute approximate surface area is 181 Å². The normalized spacial score (nSPS) is 23.3. The summed E-state index contributed by atoms with van der Waals surface area (Å²) in [6.45, 7) is 10.4. The van der Waals surface area contributed by atoms with E-state index in [2.05, 4.69) is 29.4 Å². The van der Waals surface area contributed by atoms with E-state index >= 15 is 0 Å². The molecule has 0 bridgehead atoms. The van der Waals surface area contributed by atoms with Crippen molar-refractivity contribution in [2.75, 3.05) is 35.6 Å². The second-order valence-corrected chi connectivity index (χ2v) is 10.2. The molecule has 0 atom stereocenters. The molecule has 1 aromatic rings. The van der Waals surface area contributed by atoms with Gasteiger partial charge in [0.05, 0.1) is 28.2 Å². The van der Waals surface area contributed by atoms with Crippen molar-refractivity contribution < 1.29 is 9.90 Å². The van der Waals surface area contributed by atoms with Crippen molar-refractivity contribution in [1.29, 1.82) is 0 Å². The van der Waals surface area contributed by atoms with Crippen LogP contribution in [-0.4, -0.2) is 42.3 Å². The van der Waals surface area contributed by atoms with E-state index in [1.807, 2.05) is 6.07 Å². The van der Waals surface area contributed by atoms with Crippen molar-refractivity contribution in [2.45, 2.75) is 77.9 Å². The van der Waals surface area contributed by atoms with Gasteiger partial charge >= 0.3 is 0 Å². The Morgan fingerprint density at radius 2 is 1.70 bits per heavy atom. The average Bonchev–Trinajstić information content (AvgIpc) is 2.68. The fourth-order valence-electron chi connectivity index (χ4n) is 4.43. The summed E-state index contributed by atoms with van der Waals surface area (Å²) in [5.41, 5.74) is 8.38. The first-order valence-electron chi connectivity index (χ1n) is 11.6. The van der Waals surface area contributed by atoms with E-state index in [-0.39, 0.29) is 11.9 Å². The highest BCUT2D eigenvalue weighted by atomic mass is 16.3. The summed E-state index contributed by atoms with van der Waals surface area (Å²) in [5, 5.41) is 16.6. The van der Waals surface area contributed by atoms with Gasteiger partial charge in [0.25, 0.3) is 5.91 Å². The first-order chi connectivity index (χ1) is 14.1. The predicted octanol–water partition coefficient (Wildman–Crippen LogP) is 4.00. The van der Waals surface area contributed by atoms with Crippen LogP contribution in [0.25, 0.3) is 0 Å². The summed E-state index contributed by atoms with van der Waals surface area (Å²) in [6.07, 6.45) is 6.68. The topological polar surface area (TPSA) is 90.6 Å². The second kappa shape index (κ2) is 9.46. The van der Waals surface area contributed by atoms with Gasteiger partial charge in [0.2, 0.25) is 0 Å². The number of aliphatic hydroxyl groups is 1. The lowest BCUT2D eigenvalue weighted by Gasteiger charge is -2.34. The summed E-state index contributed by atoms with van der Waals surface area (Å²) in [7, 11) is 0. The number of amides is 1. The lowest BCUT2D eigenvalue weighted by molar-refractivity contribution is 0.0920. The van der Waals surface area contributed by atoms with Crippen molar-refractivity contribution in [3.8, 4) is 0 Å².